The Kier molecular flexibility index (Phi) is 4.71. The van der Waals surface area contributed by atoms with Crippen molar-refractivity contribution in [3.63, 3.8) is 0 Å². The van der Waals surface area contributed by atoms with Crippen molar-refractivity contribution in [2.45, 2.75) is 39.7 Å². The van der Waals surface area contributed by atoms with Crippen molar-refractivity contribution >= 4 is 22.3 Å². The third-order valence-electron chi connectivity index (χ3n) is 5.04. The van der Waals surface area contributed by atoms with E-state index < -0.39 is 0 Å². The molecule has 1 aliphatic rings. The Morgan fingerprint density at radius 1 is 1.14 bits per heavy atom. The molecule has 0 N–H and O–H groups in total. The number of rotatable bonds is 4. The summed E-state index contributed by atoms with van der Waals surface area (Å²) in [5.41, 5.74) is 7.28. The lowest BCUT2D eigenvalue weighted by Crippen LogP contribution is -2.31. The van der Waals surface area contributed by atoms with Crippen LogP contribution >= 0.6 is 0 Å². The normalized spacial score (nSPS) is 15.9. The predicted molar refractivity (Wildman–Crippen MR) is 115 cm³/mol. The van der Waals surface area contributed by atoms with Crippen LogP contribution < -0.4 is 0 Å². The van der Waals surface area contributed by atoms with Gasteiger partial charge in [0.1, 0.15) is 6.61 Å². The summed E-state index contributed by atoms with van der Waals surface area (Å²) >= 11 is 0. The van der Waals surface area contributed by atoms with Crippen LogP contribution in [0.2, 0.25) is 0 Å². The average molecular weight is 371 g/mol. The fourth-order valence-corrected chi connectivity index (χ4v) is 3.80. The minimum absolute atomic E-state index is 0.198. The van der Waals surface area contributed by atoms with Crippen LogP contribution in [0.25, 0.3) is 10.9 Å². The summed E-state index contributed by atoms with van der Waals surface area (Å²) in [6.45, 7) is 8.86. The zero-order valence-electron chi connectivity index (χ0n) is 16.9. The highest BCUT2D eigenvalue weighted by Crippen LogP contribution is 2.32. The van der Waals surface area contributed by atoms with Crippen molar-refractivity contribution in [1.29, 1.82) is 0 Å². The summed E-state index contributed by atoms with van der Waals surface area (Å²) in [4.78, 5) is 15.1. The minimum atomic E-state index is -0.198. The van der Waals surface area contributed by atoms with Crippen LogP contribution in [0.15, 0.2) is 64.9 Å². The molecule has 142 valence electrons. The molecule has 0 saturated heterocycles. The Labute approximate surface area is 166 Å². The molecule has 0 saturated carbocycles. The summed E-state index contributed by atoms with van der Waals surface area (Å²) < 4.78 is 0. The molecule has 0 bridgehead atoms. The van der Waals surface area contributed by atoms with E-state index in [0.29, 0.717) is 6.61 Å². The Morgan fingerprint density at radius 3 is 2.79 bits per heavy atom. The number of benzene rings is 2. The number of aliphatic imine (C=N–C) groups is 1. The lowest BCUT2D eigenvalue weighted by atomic mass is 9.82. The molecule has 4 rings (SSSR count). The number of aromatic nitrogens is 1. The topological polar surface area (TPSA) is 46.8 Å². The monoisotopic (exact) mass is 371 g/mol. The van der Waals surface area contributed by atoms with Gasteiger partial charge in [0.25, 0.3) is 0 Å². The van der Waals surface area contributed by atoms with Crippen LogP contribution in [-0.2, 0) is 11.3 Å². The molecule has 0 amide bonds. The van der Waals surface area contributed by atoms with Crippen molar-refractivity contribution in [2.24, 2.45) is 10.1 Å². The molecule has 0 spiro atoms. The van der Waals surface area contributed by atoms with Gasteiger partial charge in [-0.2, -0.15) is 0 Å². The first-order chi connectivity index (χ1) is 13.5. The molecule has 0 atom stereocenters. The Bertz CT molecular complexity index is 1100. The second kappa shape index (κ2) is 7.19. The molecule has 0 aliphatic carbocycles. The van der Waals surface area contributed by atoms with Crippen molar-refractivity contribution in [1.82, 2.24) is 4.98 Å². The van der Waals surface area contributed by atoms with Gasteiger partial charge in [0.05, 0.1) is 22.5 Å². The Balaban J connectivity index is 1.88. The Hall–Kier alpha value is -3.01. The highest BCUT2D eigenvalue weighted by molar-refractivity contribution is 6.17. The molecule has 3 aromatic rings. The van der Waals surface area contributed by atoms with Gasteiger partial charge in [0, 0.05) is 28.3 Å². The van der Waals surface area contributed by atoms with Crippen LogP contribution in [0.3, 0.4) is 0 Å². The van der Waals surface area contributed by atoms with Gasteiger partial charge < -0.3 is 4.84 Å². The summed E-state index contributed by atoms with van der Waals surface area (Å²) in [5, 5.41) is 5.39. The van der Waals surface area contributed by atoms with E-state index in [0.717, 1.165) is 45.4 Å². The summed E-state index contributed by atoms with van der Waals surface area (Å²) in [7, 11) is 0. The number of oxime groups is 1. The molecular formula is C24H25N3O. The predicted octanol–water partition coefficient (Wildman–Crippen LogP) is 5.17. The van der Waals surface area contributed by atoms with Crippen molar-refractivity contribution in [3.05, 3.63) is 77.0 Å². The summed E-state index contributed by atoms with van der Waals surface area (Å²) in [6, 6.07) is 16.7. The molecule has 4 heteroatoms. The van der Waals surface area contributed by atoms with Crippen molar-refractivity contribution in [2.75, 3.05) is 6.61 Å². The third kappa shape index (κ3) is 3.42. The van der Waals surface area contributed by atoms with Crippen LogP contribution in [0, 0.1) is 0 Å². The summed E-state index contributed by atoms with van der Waals surface area (Å²) in [6.07, 6.45) is 2.79. The smallest absolute Gasteiger partial charge is 0.114 e. The van der Waals surface area contributed by atoms with Gasteiger partial charge in [0.15, 0.2) is 0 Å². The zero-order valence-corrected chi connectivity index (χ0v) is 16.9. The van der Waals surface area contributed by atoms with Crippen LogP contribution in [0.1, 0.15) is 49.9 Å². The first-order valence-electron chi connectivity index (χ1n) is 9.73. The van der Waals surface area contributed by atoms with E-state index in [1.165, 1.54) is 5.56 Å². The number of fused-ring (bicyclic) bond motifs is 2. The van der Waals surface area contributed by atoms with Gasteiger partial charge in [-0.1, -0.05) is 41.6 Å². The zero-order chi connectivity index (χ0) is 19.7. The molecule has 2 aromatic carbocycles. The number of para-hydroxylation sites is 1. The molecule has 2 heterocycles. The molecule has 0 unspecified atom stereocenters. The number of nitrogens with zero attached hydrogens (tertiary/aromatic N) is 3. The lowest BCUT2D eigenvalue weighted by Gasteiger charge is -2.30. The second-order valence-corrected chi connectivity index (χ2v) is 7.79. The molecule has 1 aromatic heterocycles. The third-order valence-corrected chi connectivity index (χ3v) is 5.04. The minimum Gasteiger partial charge on any atom is -0.396 e. The fourth-order valence-electron chi connectivity index (χ4n) is 3.80. The first-order valence-corrected chi connectivity index (χ1v) is 9.73. The maximum Gasteiger partial charge on any atom is 0.114 e. The molecule has 4 nitrogen and oxygen atoms in total. The maximum absolute atomic E-state index is 5.30. The van der Waals surface area contributed by atoms with E-state index in [-0.39, 0.29) is 5.54 Å². The Morgan fingerprint density at radius 2 is 1.96 bits per heavy atom. The molecule has 28 heavy (non-hydrogen) atoms. The van der Waals surface area contributed by atoms with Gasteiger partial charge in [-0.25, -0.2) is 0 Å². The van der Waals surface area contributed by atoms with Crippen LogP contribution in [0.4, 0.5) is 0 Å². The van der Waals surface area contributed by atoms with Gasteiger partial charge in [-0.3, -0.25) is 9.98 Å². The largest absolute Gasteiger partial charge is 0.396 e. The summed E-state index contributed by atoms with van der Waals surface area (Å²) in [5.74, 6) is 0. The molecule has 1 aliphatic heterocycles. The van der Waals surface area contributed by atoms with E-state index >= 15 is 0 Å². The van der Waals surface area contributed by atoms with E-state index in [4.69, 9.17) is 9.83 Å². The highest BCUT2D eigenvalue weighted by Gasteiger charge is 2.29. The number of hydrogen-bond donors (Lipinski definition) is 0. The lowest BCUT2D eigenvalue weighted by molar-refractivity contribution is 0.159. The van der Waals surface area contributed by atoms with Gasteiger partial charge in [-0.05, 0) is 51.8 Å². The molecule has 0 fully saturated rings. The van der Waals surface area contributed by atoms with Gasteiger partial charge in [0.2, 0.25) is 0 Å². The van der Waals surface area contributed by atoms with E-state index in [1.807, 2.05) is 38.2 Å². The number of hydrogen-bond acceptors (Lipinski definition) is 4. The maximum atomic E-state index is 5.30. The average Bonchev–Trinajstić information content (AvgIpc) is 2.70. The van der Waals surface area contributed by atoms with E-state index in [1.54, 1.807) is 0 Å². The van der Waals surface area contributed by atoms with Crippen LogP contribution in [-0.4, -0.2) is 28.6 Å². The molecule has 0 radical (unpaired) electrons. The van der Waals surface area contributed by atoms with E-state index in [9.17, 15) is 0 Å². The van der Waals surface area contributed by atoms with Gasteiger partial charge in [-0.15, -0.1) is 0 Å². The standard InChI is InChI=1S/C24H25N3O/c1-5-28-27-16(2)19-10-8-11-20-21(19)14-24(3,4)26-23(20)18-13-17-9-6-7-12-22(17)25-15-18/h6-13,15H,5,14H2,1-4H3. The quantitative estimate of drug-likeness (QED) is 0.469. The molecular weight excluding hydrogens is 346 g/mol. The fraction of sp³-hybridized carbons (Fsp3) is 0.292. The van der Waals surface area contributed by atoms with Crippen LogP contribution in [0.5, 0.6) is 0 Å². The SMILES string of the molecule is CCON=C(C)c1cccc2c1CC(C)(C)N=C2c1cnc2ccccc2c1. The second-order valence-electron chi connectivity index (χ2n) is 7.79. The highest BCUT2D eigenvalue weighted by atomic mass is 16.6. The number of pyridine rings is 1. The van der Waals surface area contributed by atoms with E-state index in [2.05, 4.69) is 54.3 Å². The first kappa shape index (κ1) is 18.4. The van der Waals surface area contributed by atoms with Crippen molar-refractivity contribution in [3.8, 4) is 0 Å². The van der Waals surface area contributed by atoms with Gasteiger partial charge >= 0.3 is 0 Å². The van der Waals surface area contributed by atoms with Crippen molar-refractivity contribution < 1.29 is 4.84 Å².